The van der Waals surface area contributed by atoms with Crippen LogP contribution in [0.25, 0.3) is 0 Å². The van der Waals surface area contributed by atoms with Crippen LogP contribution in [0.1, 0.15) is 30.6 Å². The maximum absolute atomic E-state index is 12.3. The summed E-state index contributed by atoms with van der Waals surface area (Å²) in [5.74, 6) is -0.0287. The van der Waals surface area contributed by atoms with Crippen molar-refractivity contribution in [3.8, 4) is 0 Å². The zero-order chi connectivity index (χ0) is 12.8. The summed E-state index contributed by atoms with van der Waals surface area (Å²) in [6.45, 7) is 5.23. The van der Waals surface area contributed by atoms with E-state index in [0.717, 1.165) is 6.42 Å². The predicted molar refractivity (Wildman–Crippen MR) is 71.3 cm³/mol. The fraction of sp³-hybridized carbons (Fsp3) is 0.462. The molecular weight excluding hydrogens is 236 g/mol. The molecule has 0 unspecified atom stereocenters. The minimum Gasteiger partial charge on any atom is -0.336 e. The van der Waals surface area contributed by atoms with Gasteiger partial charge in [0.05, 0.1) is 10.6 Å². The van der Waals surface area contributed by atoms with E-state index in [0.29, 0.717) is 23.7 Å². The molecule has 3 nitrogen and oxygen atoms in total. The second-order valence-corrected chi connectivity index (χ2v) is 4.62. The number of carbonyl (C=O) groups excluding carboxylic acids is 1. The van der Waals surface area contributed by atoms with Gasteiger partial charge in [0, 0.05) is 12.6 Å². The molecule has 0 saturated carbocycles. The summed E-state index contributed by atoms with van der Waals surface area (Å²) in [7, 11) is 0. The van der Waals surface area contributed by atoms with Crippen molar-refractivity contribution in [3.63, 3.8) is 0 Å². The zero-order valence-electron chi connectivity index (χ0n) is 10.3. The van der Waals surface area contributed by atoms with Crippen LogP contribution in [0.4, 0.5) is 0 Å². The van der Waals surface area contributed by atoms with Crippen LogP contribution in [0.5, 0.6) is 0 Å². The van der Waals surface area contributed by atoms with Gasteiger partial charge in [-0.2, -0.15) is 0 Å². The van der Waals surface area contributed by atoms with Crippen molar-refractivity contribution in [2.45, 2.75) is 26.3 Å². The van der Waals surface area contributed by atoms with Crippen LogP contribution in [-0.2, 0) is 0 Å². The van der Waals surface area contributed by atoms with Crippen LogP contribution in [0.2, 0.25) is 5.02 Å². The first-order valence-corrected chi connectivity index (χ1v) is 6.21. The second kappa shape index (κ2) is 6.62. The highest BCUT2D eigenvalue weighted by Gasteiger charge is 2.19. The van der Waals surface area contributed by atoms with Gasteiger partial charge in [0.2, 0.25) is 0 Å². The number of halogens is 1. The first-order chi connectivity index (χ1) is 8.07. The van der Waals surface area contributed by atoms with E-state index in [2.05, 4.69) is 0 Å². The normalized spacial score (nSPS) is 10.6. The molecule has 0 aliphatic carbocycles. The molecule has 1 aromatic rings. The van der Waals surface area contributed by atoms with Gasteiger partial charge in [-0.3, -0.25) is 4.79 Å². The molecule has 0 aromatic heterocycles. The Morgan fingerprint density at radius 3 is 2.59 bits per heavy atom. The number of rotatable bonds is 5. The van der Waals surface area contributed by atoms with E-state index < -0.39 is 0 Å². The van der Waals surface area contributed by atoms with Gasteiger partial charge in [-0.05, 0) is 38.9 Å². The Morgan fingerprint density at radius 1 is 1.41 bits per heavy atom. The van der Waals surface area contributed by atoms with Crippen LogP contribution < -0.4 is 5.73 Å². The monoisotopic (exact) mass is 254 g/mol. The maximum Gasteiger partial charge on any atom is 0.255 e. The van der Waals surface area contributed by atoms with E-state index in [-0.39, 0.29) is 11.9 Å². The van der Waals surface area contributed by atoms with E-state index in [9.17, 15) is 4.79 Å². The lowest BCUT2D eigenvalue weighted by Crippen LogP contribution is -2.38. The highest BCUT2D eigenvalue weighted by atomic mass is 35.5. The molecular formula is C13H19ClN2O. The lowest BCUT2D eigenvalue weighted by Gasteiger charge is -2.27. The molecule has 0 aliphatic heterocycles. The fourth-order valence-corrected chi connectivity index (χ4v) is 1.86. The number of amides is 1. The summed E-state index contributed by atoms with van der Waals surface area (Å²) < 4.78 is 0. The smallest absolute Gasteiger partial charge is 0.255 e. The SMILES string of the molecule is CC(C)N(CCCN)C(=O)c1ccccc1Cl. The highest BCUT2D eigenvalue weighted by Crippen LogP contribution is 2.18. The van der Waals surface area contributed by atoms with Crippen molar-refractivity contribution >= 4 is 17.5 Å². The first-order valence-electron chi connectivity index (χ1n) is 5.83. The van der Waals surface area contributed by atoms with E-state index >= 15 is 0 Å². The second-order valence-electron chi connectivity index (χ2n) is 4.21. The Labute approximate surface area is 108 Å². The average molecular weight is 255 g/mol. The summed E-state index contributed by atoms with van der Waals surface area (Å²) in [6, 6.07) is 7.27. The van der Waals surface area contributed by atoms with Crippen molar-refractivity contribution in [2.24, 2.45) is 5.73 Å². The lowest BCUT2D eigenvalue weighted by molar-refractivity contribution is 0.0705. The molecule has 0 radical (unpaired) electrons. The van der Waals surface area contributed by atoms with E-state index in [1.54, 1.807) is 17.0 Å². The zero-order valence-corrected chi connectivity index (χ0v) is 11.1. The number of nitrogens with two attached hydrogens (primary N) is 1. The predicted octanol–water partition coefficient (Wildman–Crippen LogP) is 2.54. The van der Waals surface area contributed by atoms with Crippen LogP contribution >= 0.6 is 11.6 Å². The summed E-state index contributed by atoms with van der Waals surface area (Å²) in [4.78, 5) is 14.1. The summed E-state index contributed by atoms with van der Waals surface area (Å²) in [5.41, 5.74) is 6.04. The molecule has 0 bridgehead atoms. The molecule has 4 heteroatoms. The molecule has 0 heterocycles. The van der Waals surface area contributed by atoms with Gasteiger partial charge in [0.15, 0.2) is 0 Å². The molecule has 0 fully saturated rings. The van der Waals surface area contributed by atoms with Gasteiger partial charge in [0.25, 0.3) is 5.91 Å². The van der Waals surface area contributed by atoms with Crippen molar-refractivity contribution in [2.75, 3.05) is 13.1 Å². The van der Waals surface area contributed by atoms with E-state index in [1.807, 2.05) is 26.0 Å². The third-order valence-corrected chi connectivity index (χ3v) is 2.92. The molecule has 1 rings (SSSR count). The van der Waals surface area contributed by atoms with Gasteiger partial charge in [-0.15, -0.1) is 0 Å². The number of carbonyl (C=O) groups is 1. The summed E-state index contributed by atoms with van der Waals surface area (Å²) in [6.07, 6.45) is 0.800. The molecule has 1 amide bonds. The van der Waals surface area contributed by atoms with Crippen LogP contribution in [0.15, 0.2) is 24.3 Å². The van der Waals surface area contributed by atoms with Gasteiger partial charge >= 0.3 is 0 Å². The Bertz CT molecular complexity index is 379. The number of hydrogen-bond donors (Lipinski definition) is 1. The van der Waals surface area contributed by atoms with Crippen molar-refractivity contribution < 1.29 is 4.79 Å². The molecule has 0 spiro atoms. The van der Waals surface area contributed by atoms with Gasteiger partial charge < -0.3 is 10.6 Å². The molecule has 0 saturated heterocycles. The quantitative estimate of drug-likeness (QED) is 0.878. The third-order valence-electron chi connectivity index (χ3n) is 2.59. The Kier molecular flexibility index (Phi) is 5.45. The number of nitrogens with zero attached hydrogens (tertiary/aromatic N) is 1. The largest absolute Gasteiger partial charge is 0.336 e. The first kappa shape index (κ1) is 14.0. The third kappa shape index (κ3) is 3.72. The number of benzene rings is 1. The highest BCUT2D eigenvalue weighted by molar-refractivity contribution is 6.33. The van der Waals surface area contributed by atoms with E-state index in [4.69, 9.17) is 17.3 Å². The summed E-state index contributed by atoms with van der Waals surface area (Å²) >= 11 is 6.03. The maximum atomic E-state index is 12.3. The van der Waals surface area contributed by atoms with Gasteiger partial charge in [-0.1, -0.05) is 23.7 Å². The van der Waals surface area contributed by atoms with Gasteiger partial charge in [0.1, 0.15) is 0 Å². The molecule has 0 atom stereocenters. The lowest BCUT2D eigenvalue weighted by atomic mass is 10.1. The molecule has 0 aliphatic rings. The van der Waals surface area contributed by atoms with Crippen molar-refractivity contribution in [1.82, 2.24) is 4.90 Å². The molecule has 17 heavy (non-hydrogen) atoms. The van der Waals surface area contributed by atoms with Crippen LogP contribution in [-0.4, -0.2) is 29.9 Å². The molecule has 94 valence electrons. The average Bonchev–Trinajstić information content (AvgIpc) is 2.29. The van der Waals surface area contributed by atoms with Crippen LogP contribution in [0.3, 0.4) is 0 Å². The standard InChI is InChI=1S/C13H19ClN2O/c1-10(2)16(9-5-8-15)13(17)11-6-3-4-7-12(11)14/h3-4,6-7,10H,5,8-9,15H2,1-2H3. The summed E-state index contributed by atoms with van der Waals surface area (Å²) in [5, 5.41) is 0.496. The Hall–Kier alpha value is -1.06. The fourth-order valence-electron chi connectivity index (χ4n) is 1.65. The van der Waals surface area contributed by atoms with Crippen molar-refractivity contribution in [3.05, 3.63) is 34.9 Å². The van der Waals surface area contributed by atoms with Crippen LogP contribution in [0, 0.1) is 0 Å². The Morgan fingerprint density at radius 2 is 2.06 bits per heavy atom. The Balaban J connectivity index is 2.88. The topological polar surface area (TPSA) is 46.3 Å². The molecule has 1 aromatic carbocycles. The van der Waals surface area contributed by atoms with E-state index in [1.165, 1.54) is 0 Å². The van der Waals surface area contributed by atoms with Gasteiger partial charge in [-0.25, -0.2) is 0 Å². The minimum absolute atomic E-state index is 0.0287. The van der Waals surface area contributed by atoms with Crippen molar-refractivity contribution in [1.29, 1.82) is 0 Å². The minimum atomic E-state index is -0.0287. The molecule has 2 N–H and O–H groups in total. The number of hydrogen-bond acceptors (Lipinski definition) is 2.